The molecule has 2 aromatic carbocycles. The summed E-state index contributed by atoms with van der Waals surface area (Å²) in [6, 6.07) is 17.5. The highest BCUT2D eigenvalue weighted by Crippen LogP contribution is 2.27. The summed E-state index contributed by atoms with van der Waals surface area (Å²) >= 11 is 0. The summed E-state index contributed by atoms with van der Waals surface area (Å²) in [5, 5.41) is 1.05. The Hall–Kier alpha value is -2.75. The summed E-state index contributed by atoms with van der Waals surface area (Å²) < 4.78 is 5.90. The summed E-state index contributed by atoms with van der Waals surface area (Å²) in [5.41, 5.74) is 2.63. The molecule has 4 heteroatoms. The van der Waals surface area contributed by atoms with Crippen molar-refractivity contribution in [1.82, 2.24) is 4.90 Å². The van der Waals surface area contributed by atoms with Gasteiger partial charge in [0.25, 0.3) is 5.91 Å². The molecule has 3 rings (SSSR count). The lowest BCUT2D eigenvalue weighted by molar-refractivity contribution is 0.0727. The van der Waals surface area contributed by atoms with Crippen LogP contribution in [0.2, 0.25) is 0 Å². The topological polar surface area (TPSA) is 36.7 Å². The van der Waals surface area contributed by atoms with Crippen LogP contribution < -0.4 is 4.90 Å². The molecule has 0 aliphatic carbocycles. The molecule has 0 saturated carbocycles. The van der Waals surface area contributed by atoms with Crippen LogP contribution in [-0.2, 0) is 0 Å². The molecule has 0 N–H and O–H groups in total. The SMILES string of the molecule is CCN(C)c1ccc(C(=O)N(C)C(C)c2cc3ccccc3o2)cc1. The van der Waals surface area contributed by atoms with Gasteiger partial charge in [-0.3, -0.25) is 4.79 Å². The van der Waals surface area contributed by atoms with Crippen molar-refractivity contribution in [2.24, 2.45) is 0 Å². The number of anilines is 1. The van der Waals surface area contributed by atoms with Gasteiger partial charge in [-0.2, -0.15) is 0 Å². The molecule has 25 heavy (non-hydrogen) atoms. The first-order valence-electron chi connectivity index (χ1n) is 8.58. The lowest BCUT2D eigenvalue weighted by Gasteiger charge is -2.24. The van der Waals surface area contributed by atoms with Crippen LogP contribution in [0.5, 0.6) is 0 Å². The van der Waals surface area contributed by atoms with Gasteiger partial charge in [-0.15, -0.1) is 0 Å². The Morgan fingerprint density at radius 3 is 2.40 bits per heavy atom. The van der Waals surface area contributed by atoms with E-state index in [0.29, 0.717) is 5.56 Å². The molecular weight excluding hydrogens is 312 g/mol. The molecule has 1 amide bonds. The molecule has 1 heterocycles. The highest BCUT2D eigenvalue weighted by molar-refractivity contribution is 5.94. The van der Waals surface area contributed by atoms with Crippen molar-refractivity contribution in [2.75, 3.05) is 25.5 Å². The molecule has 130 valence electrons. The first-order valence-corrected chi connectivity index (χ1v) is 8.58. The molecule has 0 bridgehead atoms. The molecule has 0 saturated heterocycles. The van der Waals surface area contributed by atoms with Gasteiger partial charge < -0.3 is 14.2 Å². The maximum Gasteiger partial charge on any atom is 0.254 e. The van der Waals surface area contributed by atoms with E-state index in [1.807, 2.05) is 75.6 Å². The van der Waals surface area contributed by atoms with E-state index < -0.39 is 0 Å². The highest BCUT2D eigenvalue weighted by Gasteiger charge is 2.22. The monoisotopic (exact) mass is 336 g/mol. The molecular formula is C21H24N2O2. The van der Waals surface area contributed by atoms with Gasteiger partial charge in [-0.05, 0) is 50.2 Å². The summed E-state index contributed by atoms with van der Waals surface area (Å²) in [6.45, 7) is 5.01. The largest absolute Gasteiger partial charge is 0.459 e. The Bertz CT molecular complexity index is 834. The van der Waals surface area contributed by atoms with Crippen molar-refractivity contribution >= 4 is 22.6 Å². The molecule has 3 aromatic rings. The second-order valence-corrected chi connectivity index (χ2v) is 6.34. The lowest BCUT2D eigenvalue weighted by Crippen LogP contribution is -2.29. The smallest absolute Gasteiger partial charge is 0.254 e. The number of hydrogen-bond acceptors (Lipinski definition) is 3. The average molecular weight is 336 g/mol. The minimum absolute atomic E-state index is 0.0151. The predicted octanol–water partition coefficient (Wildman–Crippen LogP) is 4.72. The van der Waals surface area contributed by atoms with Crippen molar-refractivity contribution in [1.29, 1.82) is 0 Å². The van der Waals surface area contributed by atoms with Gasteiger partial charge in [0.2, 0.25) is 0 Å². The second kappa shape index (κ2) is 7.01. The standard InChI is InChI=1S/C21H24N2O2/c1-5-22(3)18-12-10-16(11-13-18)21(24)23(4)15(2)20-14-17-8-6-7-9-19(17)25-20/h6-15H,5H2,1-4H3. The number of furan rings is 1. The van der Waals surface area contributed by atoms with Gasteiger partial charge in [0.15, 0.2) is 0 Å². The van der Waals surface area contributed by atoms with E-state index in [0.717, 1.165) is 29.0 Å². The number of amides is 1. The van der Waals surface area contributed by atoms with Crippen molar-refractivity contribution in [3.8, 4) is 0 Å². The number of nitrogens with zero attached hydrogens (tertiary/aromatic N) is 2. The molecule has 1 unspecified atom stereocenters. The first kappa shape index (κ1) is 17.1. The zero-order valence-corrected chi connectivity index (χ0v) is 15.2. The summed E-state index contributed by atoms with van der Waals surface area (Å²) in [6.07, 6.45) is 0. The van der Waals surface area contributed by atoms with E-state index in [1.165, 1.54) is 0 Å². The second-order valence-electron chi connectivity index (χ2n) is 6.34. The van der Waals surface area contributed by atoms with Gasteiger partial charge in [0, 0.05) is 37.3 Å². The summed E-state index contributed by atoms with van der Waals surface area (Å²) in [4.78, 5) is 16.6. The van der Waals surface area contributed by atoms with Crippen LogP contribution in [0.4, 0.5) is 5.69 Å². The summed E-state index contributed by atoms with van der Waals surface area (Å²) in [5.74, 6) is 0.776. The van der Waals surface area contributed by atoms with Crippen molar-refractivity contribution in [3.05, 3.63) is 65.9 Å². The van der Waals surface area contributed by atoms with Crippen LogP contribution >= 0.6 is 0 Å². The maximum atomic E-state index is 12.8. The molecule has 0 radical (unpaired) electrons. The van der Waals surface area contributed by atoms with Crippen molar-refractivity contribution in [2.45, 2.75) is 19.9 Å². The zero-order valence-electron chi connectivity index (χ0n) is 15.2. The molecule has 0 fully saturated rings. The number of carbonyl (C=O) groups is 1. The van der Waals surface area contributed by atoms with E-state index in [-0.39, 0.29) is 11.9 Å². The van der Waals surface area contributed by atoms with Crippen LogP contribution in [0.3, 0.4) is 0 Å². The third kappa shape index (κ3) is 3.38. The van der Waals surface area contributed by atoms with Gasteiger partial charge in [0.1, 0.15) is 11.3 Å². The average Bonchev–Trinajstić information content (AvgIpc) is 3.10. The first-order chi connectivity index (χ1) is 12.0. The Kier molecular flexibility index (Phi) is 4.79. The van der Waals surface area contributed by atoms with Crippen LogP contribution in [0.15, 0.2) is 59.0 Å². The maximum absolute atomic E-state index is 12.8. The van der Waals surface area contributed by atoms with E-state index in [4.69, 9.17) is 4.42 Å². The molecule has 4 nitrogen and oxygen atoms in total. The third-order valence-corrected chi connectivity index (χ3v) is 4.79. The summed E-state index contributed by atoms with van der Waals surface area (Å²) in [7, 11) is 3.85. The highest BCUT2D eigenvalue weighted by atomic mass is 16.3. The van der Waals surface area contributed by atoms with E-state index in [9.17, 15) is 4.79 Å². The molecule has 0 aliphatic heterocycles. The van der Waals surface area contributed by atoms with Crippen LogP contribution in [0, 0.1) is 0 Å². The fourth-order valence-electron chi connectivity index (χ4n) is 2.82. The minimum atomic E-state index is -0.141. The van der Waals surface area contributed by atoms with Crippen molar-refractivity contribution < 1.29 is 9.21 Å². The molecule has 0 spiro atoms. The predicted molar refractivity (Wildman–Crippen MR) is 102 cm³/mol. The number of fused-ring (bicyclic) bond motifs is 1. The fraction of sp³-hybridized carbons (Fsp3) is 0.286. The third-order valence-electron chi connectivity index (χ3n) is 4.79. The van der Waals surface area contributed by atoms with Gasteiger partial charge in [-0.1, -0.05) is 18.2 Å². The zero-order chi connectivity index (χ0) is 18.0. The minimum Gasteiger partial charge on any atom is -0.459 e. The Morgan fingerprint density at radius 2 is 1.76 bits per heavy atom. The Labute approximate surface area is 148 Å². The van der Waals surface area contributed by atoms with E-state index in [1.54, 1.807) is 4.90 Å². The fourth-order valence-corrected chi connectivity index (χ4v) is 2.82. The number of hydrogen-bond donors (Lipinski definition) is 0. The quantitative estimate of drug-likeness (QED) is 0.676. The lowest BCUT2D eigenvalue weighted by atomic mass is 10.1. The number of rotatable bonds is 5. The van der Waals surface area contributed by atoms with Crippen LogP contribution in [0.1, 0.15) is 36.0 Å². The van der Waals surface area contributed by atoms with E-state index in [2.05, 4.69) is 11.8 Å². The Morgan fingerprint density at radius 1 is 1.08 bits per heavy atom. The van der Waals surface area contributed by atoms with Gasteiger partial charge >= 0.3 is 0 Å². The molecule has 1 atom stereocenters. The number of benzene rings is 2. The Balaban J connectivity index is 1.79. The van der Waals surface area contributed by atoms with Crippen LogP contribution in [-0.4, -0.2) is 31.4 Å². The molecule has 1 aromatic heterocycles. The normalized spacial score (nSPS) is 12.2. The van der Waals surface area contributed by atoms with Gasteiger partial charge in [0.05, 0.1) is 6.04 Å². The van der Waals surface area contributed by atoms with Gasteiger partial charge in [-0.25, -0.2) is 0 Å². The number of carbonyl (C=O) groups excluding carboxylic acids is 1. The van der Waals surface area contributed by atoms with E-state index >= 15 is 0 Å². The van der Waals surface area contributed by atoms with Crippen LogP contribution in [0.25, 0.3) is 11.0 Å². The number of para-hydroxylation sites is 1. The molecule has 0 aliphatic rings. The van der Waals surface area contributed by atoms with Crippen molar-refractivity contribution in [3.63, 3.8) is 0 Å².